The molecule has 0 amide bonds. The molecule has 0 unspecified atom stereocenters. The summed E-state index contributed by atoms with van der Waals surface area (Å²) in [6.07, 6.45) is 2.84. The normalized spacial score (nSPS) is 11.2. The summed E-state index contributed by atoms with van der Waals surface area (Å²) in [4.78, 5) is 3.49. The first-order valence-corrected chi connectivity index (χ1v) is 9.16. The number of ether oxygens (including phenoxy) is 1. The predicted octanol–water partition coefficient (Wildman–Crippen LogP) is 5.74. The minimum Gasteiger partial charge on any atom is -0.496 e. The van der Waals surface area contributed by atoms with Crippen LogP contribution in [0.4, 0.5) is 0 Å². The molecule has 0 radical (unpaired) electrons. The van der Waals surface area contributed by atoms with Crippen molar-refractivity contribution in [2.24, 2.45) is 5.73 Å². The van der Waals surface area contributed by atoms with Crippen LogP contribution in [0.3, 0.4) is 0 Å². The van der Waals surface area contributed by atoms with Gasteiger partial charge in [0.1, 0.15) is 5.75 Å². The molecule has 0 atom stereocenters. The summed E-state index contributed by atoms with van der Waals surface area (Å²) in [6, 6.07) is 9.81. The third kappa shape index (κ3) is 3.37. The molecule has 2 aromatic carbocycles. The molecule has 132 valence electrons. The van der Waals surface area contributed by atoms with Gasteiger partial charge in [-0.2, -0.15) is 0 Å². The summed E-state index contributed by atoms with van der Waals surface area (Å²) in [6.45, 7) is 2.72. The third-order valence-electron chi connectivity index (χ3n) is 4.52. The molecule has 1 aromatic heterocycles. The number of rotatable bonds is 6. The Kier molecular flexibility index (Phi) is 5.57. The zero-order chi connectivity index (χ0) is 18.0. The van der Waals surface area contributed by atoms with Gasteiger partial charge >= 0.3 is 0 Å². The monoisotopic (exact) mass is 376 g/mol. The van der Waals surface area contributed by atoms with Crippen molar-refractivity contribution in [2.75, 3.05) is 13.7 Å². The molecule has 0 aliphatic carbocycles. The number of nitrogens with one attached hydrogen (secondary N) is 1. The van der Waals surface area contributed by atoms with E-state index in [9.17, 15) is 0 Å². The Balaban J connectivity index is 2.27. The van der Waals surface area contributed by atoms with Gasteiger partial charge in [-0.25, -0.2) is 0 Å². The first kappa shape index (κ1) is 18.1. The van der Waals surface area contributed by atoms with Gasteiger partial charge in [0.05, 0.1) is 28.4 Å². The summed E-state index contributed by atoms with van der Waals surface area (Å²) >= 11 is 12.9. The van der Waals surface area contributed by atoms with E-state index in [1.165, 1.54) is 5.56 Å². The van der Waals surface area contributed by atoms with E-state index >= 15 is 0 Å². The molecule has 25 heavy (non-hydrogen) atoms. The molecule has 3 nitrogen and oxygen atoms in total. The lowest BCUT2D eigenvalue weighted by molar-refractivity contribution is 0.413. The number of aromatic amines is 1. The molecular weight excluding hydrogens is 355 g/mol. The molecule has 0 spiro atoms. The molecule has 0 fully saturated rings. The molecule has 0 saturated heterocycles. The van der Waals surface area contributed by atoms with E-state index in [1.807, 2.05) is 31.2 Å². The fraction of sp³-hybridized carbons (Fsp3) is 0.300. The topological polar surface area (TPSA) is 51.0 Å². The average molecular weight is 377 g/mol. The van der Waals surface area contributed by atoms with Crippen molar-refractivity contribution in [2.45, 2.75) is 26.2 Å². The quantitative estimate of drug-likeness (QED) is 0.538. The number of unbranched alkanes of at least 4 members (excludes halogenated alkanes) is 1. The van der Waals surface area contributed by atoms with E-state index in [4.69, 9.17) is 33.7 Å². The van der Waals surface area contributed by atoms with Gasteiger partial charge in [-0.3, -0.25) is 0 Å². The van der Waals surface area contributed by atoms with Gasteiger partial charge in [-0.15, -0.1) is 0 Å². The fourth-order valence-corrected chi connectivity index (χ4v) is 3.82. The summed E-state index contributed by atoms with van der Waals surface area (Å²) in [7, 11) is 1.70. The first-order valence-electron chi connectivity index (χ1n) is 8.41. The van der Waals surface area contributed by atoms with Gasteiger partial charge in [-0.05, 0) is 62.1 Å². The number of aromatic nitrogens is 1. The molecular formula is C20H22Cl2N2O. The van der Waals surface area contributed by atoms with Gasteiger partial charge in [-0.1, -0.05) is 35.3 Å². The van der Waals surface area contributed by atoms with Crippen LogP contribution < -0.4 is 10.5 Å². The number of halogens is 2. The van der Waals surface area contributed by atoms with Crippen molar-refractivity contribution in [1.29, 1.82) is 0 Å². The molecule has 3 rings (SSSR count). The highest BCUT2D eigenvalue weighted by Gasteiger charge is 2.20. The lowest BCUT2D eigenvalue weighted by Crippen LogP contribution is -2.00. The van der Waals surface area contributed by atoms with Crippen molar-refractivity contribution in [1.82, 2.24) is 4.98 Å². The van der Waals surface area contributed by atoms with E-state index in [1.54, 1.807) is 7.11 Å². The number of hydrogen-bond acceptors (Lipinski definition) is 2. The first-order chi connectivity index (χ1) is 12.1. The average Bonchev–Trinajstić information content (AvgIpc) is 2.99. The molecule has 1 heterocycles. The largest absolute Gasteiger partial charge is 0.496 e. The number of fused-ring (bicyclic) bond motifs is 1. The second-order valence-corrected chi connectivity index (χ2v) is 6.97. The van der Waals surface area contributed by atoms with Crippen molar-refractivity contribution in [3.8, 4) is 17.0 Å². The fourth-order valence-electron chi connectivity index (χ4n) is 3.34. The standard InChI is InChI=1S/C20H22Cl2N2O/c1-12-6-5-8-14(20(12)25-2)18-13(7-3-4-11-23)17-15(21)9-10-16(22)19(17)24-18/h5-6,8-10,24H,3-4,7,11,23H2,1-2H3. The van der Waals surface area contributed by atoms with Crippen LogP contribution >= 0.6 is 23.2 Å². The SMILES string of the molecule is COc1c(C)cccc1-c1[nH]c2c(Cl)ccc(Cl)c2c1CCCCN. The zero-order valence-electron chi connectivity index (χ0n) is 14.5. The molecule has 5 heteroatoms. The number of aryl methyl sites for hydroxylation is 2. The highest BCUT2D eigenvalue weighted by atomic mass is 35.5. The number of methoxy groups -OCH3 is 1. The molecule has 0 saturated carbocycles. The summed E-state index contributed by atoms with van der Waals surface area (Å²) in [5, 5.41) is 2.36. The number of H-pyrrole nitrogens is 1. The summed E-state index contributed by atoms with van der Waals surface area (Å²) in [5.41, 5.74) is 10.8. The highest BCUT2D eigenvalue weighted by molar-refractivity contribution is 6.40. The van der Waals surface area contributed by atoms with Gasteiger partial charge < -0.3 is 15.5 Å². The van der Waals surface area contributed by atoms with Crippen LogP contribution in [-0.2, 0) is 6.42 Å². The van der Waals surface area contributed by atoms with E-state index in [2.05, 4.69) is 11.1 Å². The number of hydrogen-bond donors (Lipinski definition) is 2. The minimum absolute atomic E-state index is 0.664. The second kappa shape index (κ2) is 7.69. The predicted molar refractivity (Wildman–Crippen MR) is 107 cm³/mol. The molecule has 0 aliphatic rings. The number of benzene rings is 2. The van der Waals surface area contributed by atoms with Gasteiger partial charge in [0.2, 0.25) is 0 Å². The van der Waals surface area contributed by atoms with Crippen LogP contribution in [-0.4, -0.2) is 18.6 Å². The number of para-hydroxylation sites is 1. The van der Waals surface area contributed by atoms with Crippen LogP contribution in [0.2, 0.25) is 10.0 Å². The van der Waals surface area contributed by atoms with Crippen LogP contribution in [0, 0.1) is 6.92 Å². The van der Waals surface area contributed by atoms with Gasteiger partial charge in [0.25, 0.3) is 0 Å². The Morgan fingerprint density at radius 1 is 1.08 bits per heavy atom. The van der Waals surface area contributed by atoms with E-state index in [-0.39, 0.29) is 0 Å². The van der Waals surface area contributed by atoms with Crippen molar-refractivity contribution < 1.29 is 4.74 Å². The number of nitrogens with two attached hydrogens (primary N) is 1. The maximum atomic E-state index is 6.52. The van der Waals surface area contributed by atoms with Crippen molar-refractivity contribution in [3.05, 3.63) is 51.5 Å². The third-order valence-corrected chi connectivity index (χ3v) is 5.15. The highest BCUT2D eigenvalue weighted by Crippen LogP contribution is 2.42. The summed E-state index contributed by atoms with van der Waals surface area (Å²) in [5.74, 6) is 0.862. The lowest BCUT2D eigenvalue weighted by Gasteiger charge is -2.12. The van der Waals surface area contributed by atoms with E-state index in [0.29, 0.717) is 16.6 Å². The van der Waals surface area contributed by atoms with E-state index < -0.39 is 0 Å². The zero-order valence-corrected chi connectivity index (χ0v) is 16.0. The Bertz CT molecular complexity index is 902. The van der Waals surface area contributed by atoms with Crippen LogP contribution in [0.25, 0.3) is 22.2 Å². The molecule has 0 bridgehead atoms. The van der Waals surface area contributed by atoms with Gasteiger partial charge in [0, 0.05) is 10.9 Å². The van der Waals surface area contributed by atoms with E-state index in [0.717, 1.165) is 52.7 Å². The molecule has 3 N–H and O–H groups in total. The molecule has 0 aliphatic heterocycles. The van der Waals surface area contributed by atoms with Crippen LogP contribution in [0.1, 0.15) is 24.0 Å². The lowest BCUT2D eigenvalue weighted by atomic mass is 9.98. The Morgan fingerprint density at radius 2 is 1.84 bits per heavy atom. The summed E-state index contributed by atoms with van der Waals surface area (Å²) < 4.78 is 5.66. The Labute approximate surface area is 158 Å². The minimum atomic E-state index is 0.664. The molecule has 3 aromatic rings. The van der Waals surface area contributed by atoms with Crippen LogP contribution in [0.5, 0.6) is 5.75 Å². The van der Waals surface area contributed by atoms with Crippen LogP contribution in [0.15, 0.2) is 30.3 Å². The van der Waals surface area contributed by atoms with Crippen molar-refractivity contribution >= 4 is 34.1 Å². The smallest absolute Gasteiger partial charge is 0.131 e. The maximum Gasteiger partial charge on any atom is 0.131 e. The van der Waals surface area contributed by atoms with Gasteiger partial charge in [0.15, 0.2) is 0 Å². The second-order valence-electron chi connectivity index (χ2n) is 6.16. The Morgan fingerprint density at radius 3 is 2.56 bits per heavy atom. The maximum absolute atomic E-state index is 6.52. The van der Waals surface area contributed by atoms with Crippen molar-refractivity contribution in [3.63, 3.8) is 0 Å². The Hall–Kier alpha value is -1.68.